The Balaban J connectivity index is 2.29. The van der Waals surface area contributed by atoms with Crippen molar-refractivity contribution in [1.82, 2.24) is 0 Å². The van der Waals surface area contributed by atoms with E-state index in [9.17, 15) is 10.1 Å². The fourth-order valence-corrected chi connectivity index (χ4v) is 4.16. The lowest BCUT2D eigenvalue weighted by Crippen LogP contribution is -2.17. The molecule has 1 aliphatic rings. The molecule has 1 unspecified atom stereocenters. The summed E-state index contributed by atoms with van der Waals surface area (Å²) in [5, 5.41) is 10.0. The van der Waals surface area contributed by atoms with Crippen molar-refractivity contribution in [2.24, 2.45) is 5.92 Å². The number of esters is 1. The highest BCUT2D eigenvalue weighted by molar-refractivity contribution is 6.05. The molecule has 182 valence electrons. The van der Waals surface area contributed by atoms with Crippen molar-refractivity contribution in [1.29, 1.82) is 5.26 Å². The van der Waals surface area contributed by atoms with E-state index < -0.39 is 5.97 Å². The predicted octanol–water partition coefficient (Wildman–Crippen LogP) is 7.70. The highest BCUT2D eigenvalue weighted by atomic mass is 16.5. The molecule has 4 heteroatoms. The molecule has 0 amide bonds. The molecule has 0 saturated heterocycles. The molecule has 0 fully saturated rings. The van der Waals surface area contributed by atoms with Crippen molar-refractivity contribution in [3.8, 4) is 6.07 Å². The Morgan fingerprint density at radius 2 is 1.76 bits per heavy atom. The van der Waals surface area contributed by atoms with Crippen molar-refractivity contribution < 1.29 is 14.3 Å². The number of nitriles is 1. The summed E-state index contributed by atoms with van der Waals surface area (Å²) in [7, 11) is 1.62. The molecule has 0 N–H and O–H groups in total. The zero-order valence-electron chi connectivity index (χ0n) is 21.0. The van der Waals surface area contributed by atoms with Gasteiger partial charge >= 0.3 is 5.97 Å². The van der Waals surface area contributed by atoms with Crippen LogP contribution in [0.25, 0.3) is 5.57 Å². The maximum absolute atomic E-state index is 13.2. The summed E-state index contributed by atoms with van der Waals surface area (Å²) in [6.45, 7) is 4.76. The van der Waals surface area contributed by atoms with Crippen LogP contribution in [0.5, 0.6) is 0 Å². The van der Waals surface area contributed by atoms with Crippen molar-refractivity contribution in [2.45, 2.75) is 71.6 Å². The first kappa shape index (κ1) is 27.2. The number of nitrogens with zero attached hydrogens (tertiary/aromatic N) is 1. The molecule has 0 aliphatic heterocycles. The van der Waals surface area contributed by atoms with Gasteiger partial charge in [0, 0.05) is 5.57 Å². The van der Waals surface area contributed by atoms with Gasteiger partial charge in [0.25, 0.3) is 0 Å². The third-order valence-electron chi connectivity index (χ3n) is 6.14. The van der Waals surface area contributed by atoms with E-state index in [1.807, 2.05) is 54.6 Å². The number of carbonyl (C=O) groups is 1. The van der Waals surface area contributed by atoms with Gasteiger partial charge in [-0.15, -0.1) is 0 Å². The summed E-state index contributed by atoms with van der Waals surface area (Å²) in [5.41, 5.74) is 2.39. The Morgan fingerprint density at radius 1 is 1.03 bits per heavy atom. The lowest BCUT2D eigenvalue weighted by Gasteiger charge is -2.18. The Morgan fingerprint density at radius 3 is 2.44 bits per heavy atom. The van der Waals surface area contributed by atoms with Crippen LogP contribution in [0.2, 0.25) is 0 Å². The number of hydrogen-bond donors (Lipinski definition) is 0. The van der Waals surface area contributed by atoms with Gasteiger partial charge in [0.2, 0.25) is 0 Å². The molecule has 1 aliphatic carbocycles. The summed E-state index contributed by atoms with van der Waals surface area (Å²) in [6, 6.07) is 11.8. The number of hydrogen-bond acceptors (Lipinski definition) is 4. The van der Waals surface area contributed by atoms with E-state index in [1.165, 1.54) is 19.3 Å². The van der Waals surface area contributed by atoms with Crippen molar-refractivity contribution in [2.75, 3.05) is 13.7 Å². The van der Waals surface area contributed by atoms with Gasteiger partial charge in [-0.2, -0.15) is 5.26 Å². The molecule has 1 aromatic rings. The number of rotatable bonds is 14. The maximum atomic E-state index is 13.2. The Hall–Kier alpha value is -3.06. The first-order valence-corrected chi connectivity index (χ1v) is 12.6. The molecule has 0 spiro atoms. The molecular weight excluding hydrogens is 422 g/mol. The zero-order chi connectivity index (χ0) is 24.6. The molecule has 0 saturated carbocycles. The van der Waals surface area contributed by atoms with E-state index >= 15 is 0 Å². The van der Waals surface area contributed by atoms with E-state index in [4.69, 9.17) is 9.47 Å². The van der Waals surface area contributed by atoms with Gasteiger partial charge in [-0.1, -0.05) is 94.9 Å². The molecule has 1 atom stereocenters. The first-order valence-electron chi connectivity index (χ1n) is 12.6. The third kappa shape index (κ3) is 8.71. The Labute approximate surface area is 205 Å². The summed E-state index contributed by atoms with van der Waals surface area (Å²) >= 11 is 0. The monoisotopic (exact) mass is 461 g/mol. The van der Waals surface area contributed by atoms with E-state index in [-0.39, 0.29) is 5.57 Å². The molecule has 0 bridgehead atoms. The minimum absolute atomic E-state index is 0.0559. The van der Waals surface area contributed by atoms with Gasteiger partial charge in [-0.05, 0) is 48.5 Å². The van der Waals surface area contributed by atoms with Crippen molar-refractivity contribution in [3.05, 3.63) is 77.1 Å². The fourth-order valence-electron chi connectivity index (χ4n) is 4.16. The lowest BCUT2D eigenvalue weighted by molar-refractivity contribution is -0.140. The summed E-state index contributed by atoms with van der Waals surface area (Å²) < 4.78 is 11.1. The second-order valence-corrected chi connectivity index (χ2v) is 8.76. The highest BCUT2D eigenvalue weighted by Gasteiger charge is 2.22. The van der Waals surface area contributed by atoms with Gasteiger partial charge in [0.1, 0.15) is 17.4 Å². The second kappa shape index (κ2) is 15.7. The number of benzene rings is 1. The van der Waals surface area contributed by atoms with E-state index in [0.29, 0.717) is 24.5 Å². The van der Waals surface area contributed by atoms with E-state index in [1.54, 1.807) is 7.11 Å². The molecule has 1 aromatic carbocycles. The van der Waals surface area contributed by atoms with Gasteiger partial charge < -0.3 is 9.47 Å². The van der Waals surface area contributed by atoms with Gasteiger partial charge in [0.15, 0.2) is 0 Å². The van der Waals surface area contributed by atoms with Crippen LogP contribution in [-0.2, 0) is 14.3 Å². The predicted molar refractivity (Wildman–Crippen MR) is 139 cm³/mol. The van der Waals surface area contributed by atoms with Crippen LogP contribution >= 0.6 is 0 Å². The summed E-state index contributed by atoms with van der Waals surface area (Å²) in [5.74, 6) is 0.528. The minimum Gasteiger partial charge on any atom is -0.497 e. The first-order chi connectivity index (χ1) is 16.6. The average Bonchev–Trinajstić information content (AvgIpc) is 3.12. The summed E-state index contributed by atoms with van der Waals surface area (Å²) in [4.78, 5) is 13.2. The summed E-state index contributed by atoms with van der Waals surface area (Å²) in [6.07, 6.45) is 17.4. The number of methoxy groups -OCH3 is 1. The van der Waals surface area contributed by atoms with Crippen LogP contribution in [0.15, 0.2) is 71.5 Å². The maximum Gasteiger partial charge on any atom is 0.349 e. The topological polar surface area (TPSA) is 59.3 Å². The fraction of sp³-hybridized carbons (Fsp3) is 0.467. The van der Waals surface area contributed by atoms with Crippen LogP contribution in [0.4, 0.5) is 0 Å². The molecule has 34 heavy (non-hydrogen) atoms. The van der Waals surface area contributed by atoms with E-state index in [0.717, 1.165) is 49.0 Å². The lowest BCUT2D eigenvalue weighted by atomic mass is 9.91. The Bertz CT molecular complexity index is 932. The van der Waals surface area contributed by atoms with Crippen LogP contribution in [-0.4, -0.2) is 19.7 Å². The number of ether oxygens (including phenoxy) is 2. The zero-order valence-corrected chi connectivity index (χ0v) is 21.0. The normalized spacial score (nSPS) is 14.8. The molecule has 0 aromatic heterocycles. The minimum atomic E-state index is -0.540. The second-order valence-electron chi connectivity index (χ2n) is 8.76. The van der Waals surface area contributed by atoms with Gasteiger partial charge in [-0.25, -0.2) is 4.79 Å². The van der Waals surface area contributed by atoms with Crippen LogP contribution in [0, 0.1) is 17.2 Å². The SMILES string of the molecule is CCCCCCC(CCCC)COC(=O)/C(C#N)=C(/C1=CC=C(OC)C=CC1)c1ccccc1. The number of allylic oxidation sites excluding steroid dienone is 6. The van der Waals surface area contributed by atoms with Crippen molar-refractivity contribution in [3.63, 3.8) is 0 Å². The standard InChI is InChI=1S/C30H39NO3/c1-4-6-8-10-15-24(14-7-5-2)23-34-30(32)28(22-31)29(25-16-11-9-12-17-25)26-18-13-19-27(33-3)21-20-26/h9,11-13,16-17,19-21,24H,4-8,10,14-15,18,23H2,1-3H3/b29-28+. The Kier molecular flexibility index (Phi) is 12.6. The van der Waals surface area contributed by atoms with Gasteiger partial charge in [-0.3, -0.25) is 0 Å². The molecule has 0 heterocycles. The van der Waals surface area contributed by atoms with Crippen LogP contribution < -0.4 is 0 Å². The average molecular weight is 462 g/mol. The smallest absolute Gasteiger partial charge is 0.349 e. The van der Waals surface area contributed by atoms with Gasteiger partial charge in [0.05, 0.1) is 13.7 Å². The molecule has 4 nitrogen and oxygen atoms in total. The molecular formula is C30H39NO3. The number of carbonyl (C=O) groups excluding carboxylic acids is 1. The third-order valence-corrected chi connectivity index (χ3v) is 6.14. The highest BCUT2D eigenvalue weighted by Crippen LogP contribution is 2.31. The quantitative estimate of drug-likeness (QED) is 0.123. The molecule has 2 rings (SSSR count). The largest absolute Gasteiger partial charge is 0.497 e. The van der Waals surface area contributed by atoms with Crippen LogP contribution in [0.1, 0.15) is 77.2 Å². The van der Waals surface area contributed by atoms with Crippen LogP contribution in [0.3, 0.4) is 0 Å². The number of unbranched alkanes of at least 4 members (excludes halogenated alkanes) is 4. The molecule has 0 radical (unpaired) electrons. The van der Waals surface area contributed by atoms with E-state index in [2.05, 4.69) is 19.9 Å². The van der Waals surface area contributed by atoms with Crippen molar-refractivity contribution >= 4 is 11.5 Å².